The van der Waals surface area contributed by atoms with E-state index in [4.69, 9.17) is 11.6 Å². The van der Waals surface area contributed by atoms with Crippen molar-refractivity contribution in [2.45, 2.75) is 13.1 Å². The van der Waals surface area contributed by atoms with Crippen molar-refractivity contribution >= 4 is 33.2 Å². The van der Waals surface area contributed by atoms with Gasteiger partial charge in [-0.25, -0.2) is 0 Å². The van der Waals surface area contributed by atoms with Crippen LogP contribution in [-0.2, 0) is 13.1 Å². The highest BCUT2D eigenvalue weighted by Gasteiger charge is 2.07. The van der Waals surface area contributed by atoms with Crippen molar-refractivity contribution in [3.8, 4) is 0 Å². The molecule has 2 aromatic rings. The van der Waals surface area contributed by atoms with Gasteiger partial charge in [0.1, 0.15) is 0 Å². The first-order valence-electron chi connectivity index (χ1n) is 6.49. The second-order valence-electron chi connectivity index (χ2n) is 4.80. The Hall–Kier alpha value is -1.03. The van der Waals surface area contributed by atoms with E-state index in [1.165, 1.54) is 16.8 Å². The molecule has 0 saturated carbocycles. The molecule has 4 heteroatoms. The molecule has 0 atom stereocenters. The van der Waals surface area contributed by atoms with Crippen LogP contribution in [0.3, 0.4) is 0 Å². The first-order valence-corrected chi connectivity index (χ1v) is 7.66. The minimum absolute atomic E-state index is 0.772. The number of nitrogens with zero attached hydrogens (tertiary/aromatic N) is 1. The Labute approximate surface area is 133 Å². The molecule has 0 spiro atoms. The van der Waals surface area contributed by atoms with Crippen molar-refractivity contribution in [3.63, 3.8) is 0 Å². The molecule has 2 aromatic carbocycles. The molecule has 20 heavy (non-hydrogen) atoms. The molecule has 0 aliphatic rings. The van der Waals surface area contributed by atoms with E-state index in [1.54, 1.807) is 0 Å². The van der Waals surface area contributed by atoms with Crippen molar-refractivity contribution < 1.29 is 0 Å². The van der Waals surface area contributed by atoms with Gasteiger partial charge in [-0.15, -0.1) is 0 Å². The predicted octanol–water partition coefficient (Wildman–Crippen LogP) is 4.46. The van der Waals surface area contributed by atoms with Crippen LogP contribution in [0.5, 0.6) is 0 Å². The van der Waals surface area contributed by atoms with Crippen LogP contribution in [0.25, 0.3) is 0 Å². The maximum Gasteiger partial charge on any atom is 0.0511 e. The standard InChI is InChI=1S/C16H18BrClN2/c1-19-10-13-5-8-16(15(17)9-13)20(2)11-12-3-6-14(18)7-4-12/h3-9,19H,10-11H2,1-2H3. The summed E-state index contributed by atoms with van der Waals surface area (Å²) >= 11 is 9.56. The van der Waals surface area contributed by atoms with Crippen LogP contribution < -0.4 is 10.2 Å². The summed E-state index contributed by atoms with van der Waals surface area (Å²) in [7, 11) is 4.04. The third kappa shape index (κ3) is 3.98. The Bertz CT molecular complexity index is 569. The fourth-order valence-electron chi connectivity index (χ4n) is 2.12. The number of anilines is 1. The molecule has 0 unspecified atom stereocenters. The van der Waals surface area contributed by atoms with Crippen LogP contribution in [0.1, 0.15) is 11.1 Å². The topological polar surface area (TPSA) is 15.3 Å². The Morgan fingerprint density at radius 3 is 2.35 bits per heavy atom. The summed E-state index contributed by atoms with van der Waals surface area (Å²) in [6.07, 6.45) is 0. The number of rotatable bonds is 5. The number of benzene rings is 2. The zero-order valence-corrected chi connectivity index (χ0v) is 14.0. The van der Waals surface area contributed by atoms with Crippen LogP contribution in [-0.4, -0.2) is 14.1 Å². The van der Waals surface area contributed by atoms with Gasteiger partial charge < -0.3 is 10.2 Å². The number of halogens is 2. The highest BCUT2D eigenvalue weighted by atomic mass is 79.9. The summed E-state index contributed by atoms with van der Waals surface area (Å²) in [6.45, 7) is 1.72. The lowest BCUT2D eigenvalue weighted by Crippen LogP contribution is -2.17. The maximum atomic E-state index is 5.91. The molecule has 2 rings (SSSR count). The largest absolute Gasteiger partial charge is 0.369 e. The van der Waals surface area contributed by atoms with Gasteiger partial charge in [0, 0.05) is 29.6 Å². The molecule has 0 aliphatic heterocycles. The van der Waals surface area contributed by atoms with Gasteiger partial charge >= 0.3 is 0 Å². The van der Waals surface area contributed by atoms with E-state index in [0.717, 1.165) is 22.6 Å². The fraction of sp³-hybridized carbons (Fsp3) is 0.250. The lowest BCUT2D eigenvalue weighted by molar-refractivity contribution is 0.816. The van der Waals surface area contributed by atoms with Crippen LogP contribution in [0.4, 0.5) is 5.69 Å². The van der Waals surface area contributed by atoms with Gasteiger partial charge in [-0.3, -0.25) is 0 Å². The molecule has 0 fully saturated rings. The average Bonchev–Trinajstić information content (AvgIpc) is 2.42. The first-order chi connectivity index (χ1) is 9.60. The molecule has 0 aromatic heterocycles. The highest BCUT2D eigenvalue weighted by molar-refractivity contribution is 9.10. The first kappa shape index (κ1) is 15.4. The smallest absolute Gasteiger partial charge is 0.0511 e. The van der Waals surface area contributed by atoms with Crippen molar-refractivity contribution in [3.05, 3.63) is 63.1 Å². The van der Waals surface area contributed by atoms with E-state index < -0.39 is 0 Å². The van der Waals surface area contributed by atoms with Crippen molar-refractivity contribution in [1.82, 2.24) is 5.32 Å². The molecule has 0 aliphatic carbocycles. The minimum atomic E-state index is 0.772. The fourth-order valence-corrected chi connectivity index (χ4v) is 2.98. The molecule has 0 heterocycles. The third-order valence-electron chi connectivity index (χ3n) is 3.14. The second kappa shape index (κ2) is 7.11. The Kier molecular flexibility index (Phi) is 5.46. The summed E-state index contributed by atoms with van der Waals surface area (Å²) < 4.78 is 1.11. The number of hydrogen-bond acceptors (Lipinski definition) is 2. The molecular formula is C16H18BrClN2. The molecule has 1 N–H and O–H groups in total. The zero-order chi connectivity index (χ0) is 14.5. The maximum absolute atomic E-state index is 5.91. The van der Waals surface area contributed by atoms with Crippen molar-refractivity contribution in [2.75, 3.05) is 19.0 Å². The molecule has 0 amide bonds. The third-order valence-corrected chi connectivity index (χ3v) is 4.02. The molecular weight excluding hydrogens is 336 g/mol. The van der Waals surface area contributed by atoms with Gasteiger partial charge in [0.05, 0.1) is 5.69 Å². The van der Waals surface area contributed by atoms with E-state index in [2.05, 4.69) is 63.5 Å². The summed E-state index contributed by atoms with van der Waals surface area (Å²) in [5.41, 5.74) is 3.69. The zero-order valence-electron chi connectivity index (χ0n) is 11.7. The van der Waals surface area contributed by atoms with Crippen molar-refractivity contribution in [2.24, 2.45) is 0 Å². The number of nitrogens with one attached hydrogen (secondary N) is 1. The summed E-state index contributed by atoms with van der Waals surface area (Å²) in [6, 6.07) is 14.4. The SMILES string of the molecule is CNCc1ccc(N(C)Cc2ccc(Cl)cc2)c(Br)c1. The van der Waals surface area contributed by atoms with Gasteiger partial charge in [-0.05, 0) is 58.4 Å². The lowest BCUT2D eigenvalue weighted by atomic mass is 10.1. The van der Waals surface area contributed by atoms with Gasteiger partial charge in [0.2, 0.25) is 0 Å². The minimum Gasteiger partial charge on any atom is -0.369 e. The van der Waals surface area contributed by atoms with E-state index in [-0.39, 0.29) is 0 Å². The van der Waals surface area contributed by atoms with Gasteiger partial charge in [0.25, 0.3) is 0 Å². The highest BCUT2D eigenvalue weighted by Crippen LogP contribution is 2.27. The normalized spacial score (nSPS) is 10.6. The molecule has 106 valence electrons. The van der Waals surface area contributed by atoms with Crippen LogP contribution in [0.2, 0.25) is 5.02 Å². The van der Waals surface area contributed by atoms with Crippen molar-refractivity contribution in [1.29, 1.82) is 0 Å². The Morgan fingerprint density at radius 2 is 1.75 bits per heavy atom. The van der Waals surface area contributed by atoms with E-state index in [9.17, 15) is 0 Å². The predicted molar refractivity (Wildman–Crippen MR) is 90.5 cm³/mol. The number of hydrogen-bond donors (Lipinski definition) is 1. The van der Waals surface area contributed by atoms with Gasteiger partial charge in [0.15, 0.2) is 0 Å². The molecule has 0 radical (unpaired) electrons. The molecule has 2 nitrogen and oxygen atoms in total. The Balaban J connectivity index is 2.12. The van der Waals surface area contributed by atoms with E-state index in [0.29, 0.717) is 0 Å². The second-order valence-corrected chi connectivity index (χ2v) is 6.09. The van der Waals surface area contributed by atoms with Crippen LogP contribution in [0.15, 0.2) is 46.9 Å². The lowest BCUT2D eigenvalue weighted by Gasteiger charge is -2.21. The summed E-state index contributed by atoms with van der Waals surface area (Å²) in [5, 5.41) is 3.93. The van der Waals surface area contributed by atoms with Gasteiger partial charge in [-0.2, -0.15) is 0 Å². The van der Waals surface area contributed by atoms with Crippen LogP contribution in [0, 0.1) is 0 Å². The summed E-state index contributed by atoms with van der Waals surface area (Å²) in [4.78, 5) is 2.22. The monoisotopic (exact) mass is 352 g/mol. The quantitative estimate of drug-likeness (QED) is 0.854. The Morgan fingerprint density at radius 1 is 1.10 bits per heavy atom. The van der Waals surface area contributed by atoms with E-state index >= 15 is 0 Å². The van der Waals surface area contributed by atoms with E-state index in [1.807, 2.05) is 19.2 Å². The average molecular weight is 354 g/mol. The van der Waals surface area contributed by atoms with Crippen LogP contribution >= 0.6 is 27.5 Å². The summed E-state index contributed by atoms with van der Waals surface area (Å²) in [5.74, 6) is 0. The molecule has 0 bridgehead atoms. The van der Waals surface area contributed by atoms with Gasteiger partial charge in [-0.1, -0.05) is 29.8 Å². The molecule has 0 saturated heterocycles.